The summed E-state index contributed by atoms with van der Waals surface area (Å²) in [5.74, 6) is 0. The first-order valence-electron chi connectivity index (χ1n) is 5.46. The van der Waals surface area contributed by atoms with Gasteiger partial charge in [-0.1, -0.05) is 0 Å². The molecule has 0 spiro atoms. The van der Waals surface area contributed by atoms with Crippen molar-refractivity contribution in [3.63, 3.8) is 0 Å². The fourth-order valence-electron chi connectivity index (χ4n) is 1.79. The Balaban J connectivity index is 2.20. The SMILES string of the molecule is COCCN(c1cnccc1C#N)C1CC1. The molecule has 2 rings (SSSR count). The van der Waals surface area contributed by atoms with Crippen LogP contribution in [0.3, 0.4) is 0 Å². The van der Waals surface area contributed by atoms with Crippen molar-refractivity contribution in [3.05, 3.63) is 24.0 Å². The van der Waals surface area contributed by atoms with E-state index < -0.39 is 0 Å². The minimum absolute atomic E-state index is 0.562. The monoisotopic (exact) mass is 217 g/mol. The summed E-state index contributed by atoms with van der Waals surface area (Å²) in [6.45, 7) is 1.50. The molecule has 16 heavy (non-hydrogen) atoms. The third kappa shape index (κ3) is 2.31. The highest BCUT2D eigenvalue weighted by atomic mass is 16.5. The van der Waals surface area contributed by atoms with Crippen LogP contribution in [0.15, 0.2) is 18.5 Å². The molecule has 1 aromatic heterocycles. The molecule has 0 N–H and O–H groups in total. The summed E-state index contributed by atoms with van der Waals surface area (Å²) in [6, 6.07) is 4.54. The summed E-state index contributed by atoms with van der Waals surface area (Å²) < 4.78 is 5.10. The number of ether oxygens (including phenoxy) is 1. The molecule has 0 radical (unpaired) electrons. The lowest BCUT2D eigenvalue weighted by Crippen LogP contribution is -2.30. The van der Waals surface area contributed by atoms with Crippen LogP contribution in [0.5, 0.6) is 0 Å². The van der Waals surface area contributed by atoms with Crippen LogP contribution in [-0.2, 0) is 4.74 Å². The molecule has 1 fully saturated rings. The van der Waals surface area contributed by atoms with Gasteiger partial charge in [0.15, 0.2) is 0 Å². The van der Waals surface area contributed by atoms with Crippen LogP contribution in [0.1, 0.15) is 18.4 Å². The van der Waals surface area contributed by atoms with Crippen molar-refractivity contribution in [2.75, 3.05) is 25.2 Å². The van der Waals surface area contributed by atoms with E-state index in [1.807, 2.05) is 0 Å². The lowest BCUT2D eigenvalue weighted by molar-refractivity contribution is 0.205. The van der Waals surface area contributed by atoms with E-state index in [4.69, 9.17) is 10.00 Å². The average Bonchev–Trinajstić information content (AvgIpc) is 3.14. The predicted molar refractivity (Wildman–Crippen MR) is 61.2 cm³/mol. The van der Waals surface area contributed by atoms with Gasteiger partial charge in [0.05, 0.1) is 24.1 Å². The number of nitriles is 1. The number of hydrogen-bond donors (Lipinski definition) is 0. The van der Waals surface area contributed by atoms with Gasteiger partial charge in [0.25, 0.3) is 0 Å². The van der Waals surface area contributed by atoms with E-state index in [9.17, 15) is 0 Å². The summed E-state index contributed by atoms with van der Waals surface area (Å²) in [5.41, 5.74) is 1.63. The summed E-state index contributed by atoms with van der Waals surface area (Å²) in [7, 11) is 1.69. The third-order valence-corrected chi connectivity index (χ3v) is 2.75. The van der Waals surface area contributed by atoms with Gasteiger partial charge in [0, 0.05) is 25.9 Å². The van der Waals surface area contributed by atoms with Crippen LogP contribution < -0.4 is 4.90 Å². The van der Waals surface area contributed by atoms with E-state index in [2.05, 4.69) is 16.0 Å². The molecular weight excluding hydrogens is 202 g/mol. The van der Waals surface area contributed by atoms with E-state index in [1.165, 1.54) is 12.8 Å². The van der Waals surface area contributed by atoms with Crippen molar-refractivity contribution in [1.82, 2.24) is 4.98 Å². The number of hydrogen-bond acceptors (Lipinski definition) is 4. The summed E-state index contributed by atoms with van der Waals surface area (Å²) >= 11 is 0. The summed E-state index contributed by atoms with van der Waals surface area (Å²) in [5, 5.41) is 9.06. The molecule has 4 nitrogen and oxygen atoms in total. The maximum atomic E-state index is 9.06. The summed E-state index contributed by atoms with van der Waals surface area (Å²) in [4.78, 5) is 6.33. The van der Waals surface area contributed by atoms with Gasteiger partial charge in [0.2, 0.25) is 0 Å². The van der Waals surface area contributed by atoms with Gasteiger partial charge in [-0.15, -0.1) is 0 Å². The molecule has 0 saturated heterocycles. The second-order valence-corrected chi connectivity index (χ2v) is 3.92. The lowest BCUT2D eigenvalue weighted by Gasteiger charge is -2.24. The first-order valence-corrected chi connectivity index (χ1v) is 5.46. The molecular formula is C12H15N3O. The first kappa shape index (κ1) is 10.9. The van der Waals surface area contributed by atoms with Gasteiger partial charge in [-0.05, 0) is 18.9 Å². The van der Waals surface area contributed by atoms with Gasteiger partial charge in [-0.25, -0.2) is 0 Å². The zero-order valence-corrected chi connectivity index (χ0v) is 9.39. The van der Waals surface area contributed by atoms with Crippen molar-refractivity contribution < 1.29 is 4.74 Å². The molecule has 84 valence electrons. The number of methoxy groups -OCH3 is 1. The number of nitrogens with zero attached hydrogens (tertiary/aromatic N) is 3. The highest BCUT2D eigenvalue weighted by Gasteiger charge is 2.30. The lowest BCUT2D eigenvalue weighted by atomic mass is 10.2. The number of pyridine rings is 1. The zero-order chi connectivity index (χ0) is 11.4. The van der Waals surface area contributed by atoms with E-state index in [0.717, 1.165) is 12.2 Å². The van der Waals surface area contributed by atoms with Crippen LogP contribution in [0.4, 0.5) is 5.69 Å². The van der Waals surface area contributed by atoms with E-state index >= 15 is 0 Å². The Morgan fingerprint density at radius 3 is 3.06 bits per heavy atom. The Morgan fingerprint density at radius 2 is 2.44 bits per heavy atom. The molecule has 0 atom stereocenters. The van der Waals surface area contributed by atoms with Crippen molar-refractivity contribution in [2.45, 2.75) is 18.9 Å². The second-order valence-electron chi connectivity index (χ2n) is 3.92. The van der Waals surface area contributed by atoms with Gasteiger partial charge < -0.3 is 9.64 Å². The Labute approximate surface area is 95.5 Å². The fraction of sp³-hybridized carbons (Fsp3) is 0.500. The van der Waals surface area contributed by atoms with Crippen molar-refractivity contribution in [3.8, 4) is 6.07 Å². The number of rotatable bonds is 5. The molecule has 1 saturated carbocycles. The van der Waals surface area contributed by atoms with Crippen LogP contribution in [0.25, 0.3) is 0 Å². The average molecular weight is 217 g/mol. The van der Waals surface area contributed by atoms with Crippen molar-refractivity contribution >= 4 is 5.69 Å². The highest BCUT2D eigenvalue weighted by Crippen LogP contribution is 2.32. The number of anilines is 1. The standard InChI is InChI=1S/C12H15N3O/c1-16-7-6-15(11-2-3-11)12-9-14-5-4-10(12)8-13/h4-5,9,11H,2-3,6-7H2,1H3. The second kappa shape index (κ2) is 4.95. The largest absolute Gasteiger partial charge is 0.383 e. The molecule has 0 unspecified atom stereocenters. The maximum Gasteiger partial charge on any atom is 0.101 e. The Hall–Kier alpha value is -1.60. The highest BCUT2D eigenvalue weighted by molar-refractivity contribution is 5.58. The summed E-state index contributed by atoms with van der Waals surface area (Å²) in [6.07, 6.45) is 5.82. The Kier molecular flexibility index (Phi) is 3.37. The smallest absolute Gasteiger partial charge is 0.101 e. The van der Waals surface area contributed by atoms with Crippen molar-refractivity contribution in [1.29, 1.82) is 5.26 Å². The molecule has 1 aliphatic carbocycles. The van der Waals surface area contributed by atoms with Crippen LogP contribution in [-0.4, -0.2) is 31.3 Å². The molecule has 0 bridgehead atoms. The Bertz CT molecular complexity index is 395. The maximum absolute atomic E-state index is 9.06. The van der Waals surface area contributed by atoms with E-state index in [1.54, 1.807) is 25.6 Å². The molecule has 1 aromatic rings. The zero-order valence-electron chi connectivity index (χ0n) is 9.39. The van der Waals surface area contributed by atoms with Gasteiger partial charge >= 0.3 is 0 Å². The number of aromatic nitrogens is 1. The molecule has 1 aliphatic rings. The molecule has 0 aromatic carbocycles. The molecule has 1 heterocycles. The quantitative estimate of drug-likeness (QED) is 0.751. The van der Waals surface area contributed by atoms with Gasteiger partial charge in [-0.2, -0.15) is 5.26 Å². The molecule has 0 aliphatic heterocycles. The van der Waals surface area contributed by atoms with Gasteiger partial charge in [0.1, 0.15) is 6.07 Å². The van der Waals surface area contributed by atoms with E-state index in [0.29, 0.717) is 18.2 Å². The van der Waals surface area contributed by atoms with Crippen LogP contribution in [0.2, 0.25) is 0 Å². The minimum Gasteiger partial charge on any atom is -0.383 e. The Morgan fingerprint density at radius 1 is 1.62 bits per heavy atom. The van der Waals surface area contributed by atoms with Gasteiger partial charge in [-0.3, -0.25) is 4.98 Å². The normalized spacial score (nSPS) is 14.5. The molecule has 4 heteroatoms. The minimum atomic E-state index is 0.562. The molecule has 0 amide bonds. The predicted octanol–water partition coefficient (Wildman–Crippen LogP) is 1.57. The third-order valence-electron chi connectivity index (χ3n) is 2.75. The van der Waals surface area contributed by atoms with Crippen molar-refractivity contribution in [2.24, 2.45) is 0 Å². The first-order chi connectivity index (χ1) is 7.86. The van der Waals surface area contributed by atoms with E-state index in [-0.39, 0.29) is 0 Å². The van der Waals surface area contributed by atoms with Crippen LogP contribution >= 0.6 is 0 Å². The topological polar surface area (TPSA) is 49.1 Å². The fourth-order valence-corrected chi connectivity index (χ4v) is 1.79. The van der Waals surface area contributed by atoms with Crippen LogP contribution in [0, 0.1) is 11.3 Å².